The molecule has 0 bridgehead atoms. The Bertz CT molecular complexity index is 466. The Kier molecular flexibility index (Phi) is 4.55. The zero-order valence-corrected chi connectivity index (χ0v) is 10.7. The second kappa shape index (κ2) is 5.59. The Morgan fingerprint density at radius 1 is 1.16 bits per heavy atom. The maximum Gasteiger partial charge on any atom is 0.417 e. The Morgan fingerprint density at radius 3 is 2.05 bits per heavy atom. The third-order valence-corrected chi connectivity index (χ3v) is 2.97. The van der Waals surface area contributed by atoms with Gasteiger partial charge in [-0.25, -0.2) is 0 Å². The number of hydrogen-bond donors (Lipinski definition) is 1. The summed E-state index contributed by atoms with van der Waals surface area (Å²) in [6.07, 6.45) is -3.79. The van der Waals surface area contributed by atoms with E-state index in [0.717, 1.165) is 13.8 Å². The van der Waals surface area contributed by atoms with Crippen LogP contribution in [-0.4, -0.2) is 22.8 Å². The smallest absolute Gasteiger partial charge is 0.417 e. The van der Waals surface area contributed by atoms with E-state index in [4.69, 9.17) is 0 Å². The van der Waals surface area contributed by atoms with Crippen LogP contribution < -0.4 is 0 Å². The summed E-state index contributed by atoms with van der Waals surface area (Å²) in [6, 6.07) is 0. The number of alkyl halides is 3. The molecular formula is C13H15F3O3. The molecular weight excluding hydrogens is 261 g/mol. The highest BCUT2D eigenvalue weighted by Crippen LogP contribution is 2.38. The highest BCUT2D eigenvalue weighted by molar-refractivity contribution is 6.04. The first kappa shape index (κ1) is 15.5. The van der Waals surface area contributed by atoms with Crippen LogP contribution in [-0.2, 0) is 9.59 Å². The van der Waals surface area contributed by atoms with E-state index in [2.05, 4.69) is 0 Å². The predicted octanol–water partition coefficient (Wildman–Crippen LogP) is 3.41. The first-order valence-electron chi connectivity index (χ1n) is 5.91. The Labute approximate surface area is 108 Å². The number of allylic oxidation sites excluding steroid dienone is 4. The largest absolute Gasteiger partial charge is 0.512 e. The molecule has 1 rings (SSSR count). The lowest BCUT2D eigenvalue weighted by molar-refractivity contribution is -0.119. The summed E-state index contributed by atoms with van der Waals surface area (Å²) in [5, 5.41) is 9.35. The van der Waals surface area contributed by atoms with Crippen LogP contribution in [0.25, 0.3) is 0 Å². The summed E-state index contributed by atoms with van der Waals surface area (Å²) in [5.41, 5.74) is -2.47. The zero-order chi connectivity index (χ0) is 14.8. The molecule has 0 unspecified atom stereocenters. The van der Waals surface area contributed by atoms with E-state index >= 15 is 0 Å². The zero-order valence-electron chi connectivity index (χ0n) is 10.7. The van der Waals surface area contributed by atoms with Crippen LogP contribution in [0.4, 0.5) is 13.2 Å². The number of carbonyl (C=O) groups excluding carboxylic acids is 2. The fourth-order valence-corrected chi connectivity index (χ4v) is 2.22. The molecule has 1 aliphatic rings. The minimum Gasteiger partial charge on any atom is -0.512 e. The predicted molar refractivity (Wildman–Crippen MR) is 62.6 cm³/mol. The molecule has 0 aromatic heterocycles. The molecule has 0 heterocycles. The van der Waals surface area contributed by atoms with Crippen molar-refractivity contribution in [1.82, 2.24) is 0 Å². The van der Waals surface area contributed by atoms with Crippen molar-refractivity contribution in [3.8, 4) is 0 Å². The SMILES string of the molecule is CC(=O)C(/C(=C1\CCCCC1=O)C(F)(F)F)=C(\C)O. The Morgan fingerprint density at radius 2 is 1.68 bits per heavy atom. The fourth-order valence-electron chi connectivity index (χ4n) is 2.22. The summed E-state index contributed by atoms with van der Waals surface area (Å²) in [5.74, 6) is -2.22. The van der Waals surface area contributed by atoms with Gasteiger partial charge in [0.15, 0.2) is 11.6 Å². The number of hydrogen-bond acceptors (Lipinski definition) is 3. The molecule has 0 radical (unpaired) electrons. The Hall–Kier alpha value is -1.59. The van der Waals surface area contributed by atoms with Crippen LogP contribution in [0.1, 0.15) is 39.5 Å². The quantitative estimate of drug-likeness (QED) is 0.621. The molecule has 0 saturated heterocycles. The van der Waals surface area contributed by atoms with Crippen molar-refractivity contribution in [3.63, 3.8) is 0 Å². The molecule has 0 amide bonds. The molecule has 3 nitrogen and oxygen atoms in total. The van der Waals surface area contributed by atoms with Crippen molar-refractivity contribution in [1.29, 1.82) is 0 Å². The van der Waals surface area contributed by atoms with E-state index in [9.17, 15) is 27.9 Å². The van der Waals surface area contributed by atoms with Gasteiger partial charge in [0, 0.05) is 12.0 Å². The Balaban J connectivity index is 3.55. The van der Waals surface area contributed by atoms with Crippen LogP contribution >= 0.6 is 0 Å². The van der Waals surface area contributed by atoms with E-state index in [1.165, 1.54) is 0 Å². The number of aliphatic hydroxyl groups is 1. The summed E-state index contributed by atoms with van der Waals surface area (Å²) in [4.78, 5) is 23.0. The van der Waals surface area contributed by atoms with Crippen LogP contribution in [0.5, 0.6) is 0 Å². The van der Waals surface area contributed by atoms with Gasteiger partial charge in [-0.05, 0) is 33.1 Å². The highest BCUT2D eigenvalue weighted by Gasteiger charge is 2.42. The standard InChI is InChI=1S/C13H15F3O3/c1-7(17)11(8(2)18)12(13(14,15)16)9-5-3-4-6-10(9)19/h17H,3-6H2,1-2H3/b11-7-,12-9-. The third-order valence-electron chi connectivity index (χ3n) is 2.97. The van der Waals surface area contributed by atoms with Gasteiger partial charge in [-0.3, -0.25) is 9.59 Å². The molecule has 1 aliphatic carbocycles. The number of carbonyl (C=O) groups is 2. The monoisotopic (exact) mass is 276 g/mol. The van der Waals surface area contributed by atoms with Crippen LogP contribution in [0.3, 0.4) is 0 Å². The lowest BCUT2D eigenvalue weighted by Crippen LogP contribution is -2.25. The number of aliphatic hydroxyl groups excluding tert-OH is 1. The van der Waals surface area contributed by atoms with E-state index < -0.39 is 40.2 Å². The first-order chi connectivity index (χ1) is 8.66. The van der Waals surface area contributed by atoms with Crippen molar-refractivity contribution in [2.75, 3.05) is 0 Å². The van der Waals surface area contributed by atoms with Crippen molar-refractivity contribution in [2.24, 2.45) is 0 Å². The second-order valence-electron chi connectivity index (χ2n) is 4.50. The molecule has 19 heavy (non-hydrogen) atoms. The van der Waals surface area contributed by atoms with Crippen LogP contribution in [0, 0.1) is 0 Å². The van der Waals surface area contributed by atoms with Crippen molar-refractivity contribution in [3.05, 3.63) is 22.5 Å². The summed E-state index contributed by atoms with van der Waals surface area (Å²) in [6.45, 7) is 1.95. The van der Waals surface area contributed by atoms with Gasteiger partial charge >= 0.3 is 6.18 Å². The minimum absolute atomic E-state index is 0.0161. The van der Waals surface area contributed by atoms with Crippen molar-refractivity contribution < 1.29 is 27.9 Å². The van der Waals surface area contributed by atoms with E-state index in [0.29, 0.717) is 12.8 Å². The van der Waals surface area contributed by atoms with Crippen LogP contribution in [0.2, 0.25) is 0 Å². The van der Waals surface area contributed by atoms with Gasteiger partial charge in [0.05, 0.1) is 11.1 Å². The fraction of sp³-hybridized carbons (Fsp3) is 0.538. The van der Waals surface area contributed by atoms with Gasteiger partial charge in [0.2, 0.25) is 0 Å². The third kappa shape index (κ3) is 3.45. The molecule has 6 heteroatoms. The van der Waals surface area contributed by atoms with E-state index in [1.54, 1.807) is 0 Å². The van der Waals surface area contributed by atoms with Gasteiger partial charge in [-0.2, -0.15) is 13.2 Å². The average Bonchev–Trinajstić information content (AvgIpc) is 2.24. The molecule has 1 fully saturated rings. The summed E-state index contributed by atoms with van der Waals surface area (Å²) in [7, 11) is 0. The molecule has 0 spiro atoms. The number of rotatable bonds is 2. The lowest BCUT2D eigenvalue weighted by Gasteiger charge is -2.21. The second-order valence-corrected chi connectivity index (χ2v) is 4.50. The lowest BCUT2D eigenvalue weighted by atomic mass is 9.85. The average molecular weight is 276 g/mol. The summed E-state index contributed by atoms with van der Waals surface area (Å²) < 4.78 is 39.4. The van der Waals surface area contributed by atoms with Crippen LogP contribution in [0.15, 0.2) is 22.5 Å². The highest BCUT2D eigenvalue weighted by atomic mass is 19.4. The molecule has 1 saturated carbocycles. The number of halogens is 3. The number of ketones is 2. The van der Waals surface area contributed by atoms with Gasteiger partial charge in [0.25, 0.3) is 0 Å². The molecule has 0 aromatic carbocycles. The van der Waals surface area contributed by atoms with Crippen molar-refractivity contribution in [2.45, 2.75) is 45.7 Å². The maximum absolute atomic E-state index is 13.1. The normalized spacial score (nSPS) is 21.0. The topological polar surface area (TPSA) is 54.4 Å². The molecule has 0 aromatic rings. The van der Waals surface area contributed by atoms with Gasteiger partial charge in [0.1, 0.15) is 5.76 Å². The van der Waals surface area contributed by atoms with E-state index in [-0.39, 0.29) is 12.8 Å². The van der Waals surface area contributed by atoms with Gasteiger partial charge < -0.3 is 5.11 Å². The van der Waals surface area contributed by atoms with Crippen molar-refractivity contribution >= 4 is 11.6 Å². The van der Waals surface area contributed by atoms with Gasteiger partial charge in [-0.1, -0.05) is 0 Å². The molecule has 1 N–H and O–H groups in total. The molecule has 106 valence electrons. The van der Waals surface area contributed by atoms with Gasteiger partial charge in [-0.15, -0.1) is 0 Å². The number of Topliss-reactive ketones (excluding diaryl/α,β-unsaturated/α-hetero) is 2. The first-order valence-corrected chi connectivity index (χ1v) is 5.91. The summed E-state index contributed by atoms with van der Waals surface area (Å²) >= 11 is 0. The molecule has 0 aliphatic heterocycles. The maximum atomic E-state index is 13.1. The molecule has 0 atom stereocenters. The van der Waals surface area contributed by atoms with E-state index in [1.807, 2.05) is 0 Å². The minimum atomic E-state index is -4.84.